The fourth-order valence-electron chi connectivity index (χ4n) is 4.33. The molecule has 1 saturated carbocycles. The van der Waals surface area contributed by atoms with Crippen LogP contribution in [0.25, 0.3) is 0 Å². The first kappa shape index (κ1) is 12.5. The minimum atomic E-state index is 0.166. The molecule has 0 unspecified atom stereocenters. The first-order valence-electron chi connectivity index (χ1n) is 7.68. The summed E-state index contributed by atoms with van der Waals surface area (Å²) in [6, 6.07) is 0.600. The van der Waals surface area contributed by atoms with E-state index in [1.165, 1.54) is 45.2 Å². The van der Waals surface area contributed by atoms with Crippen LogP contribution in [-0.2, 0) is 4.79 Å². The molecule has 18 heavy (non-hydrogen) atoms. The minimum Gasteiger partial charge on any atom is -0.338 e. The highest BCUT2D eigenvalue weighted by Gasteiger charge is 2.51. The van der Waals surface area contributed by atoms with Crippen LogP contribution in [0.4, 0.5) is 0 Å². The van der Waals surface area contributed by atoms with Crippen LogP contribution in [0.3, 0.4) is 0 Å². The third-order valence-corrected chi connectivity index (χ3v) is 5.51. The molecule has 0 radical (unpaired) electrons. The van der Waals surface area contributed by atoms with E-state index < -0.39 is 0 Å². The van der Waals surface area contributed by atoms with Crippen molar-refractivity contribution in [1.82, 2.24) is 9.80 Å². The molecule has 102 valence electrons. The molecule has 1 amide bonds. The molecular formula is C15H26N2O. The maximum atomic E-state index is 12.0. The van der Waals surface area contributed by atoms with Crippen molar-refractivity contribution in [2.75, 3.05) is 20.1 Å². The topological polar surface area (TPSA) is 23.6 Å². The minimum absolute atomic E-state index is 0.166. The highest BCUT2D eigenvalue weighted by Crippen LogP contribution is 2.43. The van der Waals surface area contributed by atoms with Gasteiger partial charge in [0.2, 0.25) is 5.91 Å². The monoisotopic (exact) mass is 250 g/mol. The summed E-state index contributed by atoms with van der Waals surface area (Å²) >= 11 is 0. The lowest BCUT2D eigenvalue weighted by Gasteiger charge is -2.51. The molecule has 3 fully saturated rings. The van der Waals surface area contributed by atoms with E-state index in [9.17, 15) is 4.79 Å². The van der Waals surface area contributed by atoms with Gasteiger partial charge in [0.05, 0.1) is 5.54 Å². The average molecular weight is 250 g/mol. The van der Waals surface area contributed by atoms with Crippen molar-refractivity contribution in [1.29, 1.82) is 0 Å². The summed E-state index contributed by atoms with van der Waals surface area (Å²) in [5, 5.41) is 0. The molecule has 2 atom stereocenters. The Morgan fingerprint density at radius 2 is 2.11 bits per heavy atom. The zero-order valence-electron chi connectivity index (χ0n) is 11.8. The van der Waals surface area contributed by atoms with Crippen molar-refractivity contribution >= 4 is 5.91 Å². The van der Waals surface area contributed by atoms with Gasteiger partial charge in [-0.2, -0.15) is 0 Å². The van der Waals surface area contributed by atoms with Gasteiger partial charge < -0.3 is 4.90 Å². The average Bonchev–Trinajstić information content (AvgIpc) is 3.14. The van der Waals surface area contributed by atoms with Crippen LogP contribution in [0.15, 0.2) is 0 Å². The van der Waals surface area contributed by atoms with Gasteiger partial charge in [0.25, 0.3) is 0 Å². The van der Waals surface area contributed by atoms with E-state index in [-0.39, 0.29) is 5.54 Å². The van der Waals surface area contributed by atoms with Gasteiger partial charge in [0.1, 0.15) is 0 Å². The van der Waals surface area contributed by atoms with Gasteiger partial charge in [0.15, 0.2) is 0 Å². The molecule has 3 nitrogen and oxygen atoms in total. The first-order chi connectivity index (χ1) is 8.67. The molecule has 0 aromatic carbocycles. The zero-order chi connectivity index (χ0) is 12.8. The van der Waals surface area contributed by atoms with Crippen LogP contribution in [0.5, 0.6) is 0 Å². The molecule has 3 heteroatoms. The Kier molecular flexibility index (Phi) is 3.13. The van der Waals surface area contributed by atoms with Crippen molar-refractivity contribution in [3.05, 3.63) is 0 Å². The summed E-state index contributed by atoms with van der Waals surface area (Å²) in [6.07, 6.45) is 8.37. The van der Waals surface area contributed by atoms with Crippen molar-refractivity contribution in [3.8, 4) is 0 Å². The number of hydrogen-bond donors (Lipinski definition) is 0. The lowest BCUT2D eigenvalue weighted by Crippen LogP contribution is -2.62. The van der Waals surface area contributed by atoms with Crippen LogP contribution in [0.1, 0.15) is 51.9 Å². The summed E-state index contributed by atoms with van der Waals surface area (Å²) in [5.74, 6) is 1.32. The SMILES string of the molecule is CC[C@@H]1N(CC2CC2)CCC[C@]12CCC(=O)N2C. The zero-order valence-corrected chi connectivity index (χ0v) is 11.8. The van der Waals surface area contributed by atoms with Crippen LogP contribution < -0.4 is 0 Å². The molecule has 1 aliphatic carbocycles. The smallest absolute Gasteiger partial charge is 0.222 e. The van der Waals surface area contributed by atoms with Gasteiger partial charge in [-0.05, 0) is 51.0 Å². The van der Waals surface area contributed by atoms with Gasteiger partial charge in [-0.3, -0.25) is 9.69 Å². The molecule has 0 N–H and O–H groups in total. The van der Waals surface area contributed by atoms with Crippen molar-refractivity contribution in [2.45, 2.75) is 63.5 Å². The normalized spacial score (nSPS) is 37.8. The molecule has 2 saturated heterocycles. The van der Waals surface area contributed by atoms with Gasteiger partial charge >= 0.3 is 0 Å². The Hall–Kier alpha value is -0.570. The van der Waals surface area contributed by atoms with E-state index in [1.54, 1.807) is 0 Å². The second kappa shape index (κ2) is 4.52. The lowest BCUT2D eigenvalue weighted by atomic mass is 9.77. The molecular weight excluding hydrogens is 224 g/mol. The molecule has 1 spiro atoms. The maximum Gasteiger partial charge on any atom is 0.222 e. The van der Waals surface area contributed by atoms with E-state index in [4.69, 9.17) is 0 Å². The third kappa shape index (κ3) is 1.87. The van der Waals surface area contributed by atoms with E-state index >= 15 is 0 Å². The van der Waals surface area contributed by atoms with Gasteiger partial charge in [0, 0.05) is 26.1 Å². The van der Waals surface area contributed by atoms with Crippen molar-refractivity contribution < 1.29 is 4.79 Å². The lowest BCUT2D eigenvalue weighted by molar-refractivity contribution is -0.133. The molecule has 2 aliphatic heterocycles. The number of rotatable bonds is 3. The van der Waals surface area contributed by atoms with Gasteiger partial charge in [-0.15, -0.1) is 0 Å². The summed E-state index contributed by atoms with van der Waals surface area (Å²) < 4.78 is 0. The van der Waals surface area contributed by atoms with Gasteiger partial charge in [-0.25, -0.2) is 0 Å². The van der Waals surface area contributed by atoms with Crippen molar-refractivity contribution in [3.63, 3.8) is 0 Å². The molecule has 0 bridgehead atoms. The highest BCUT2D eigenvalue weighted by molar-refractivity contribution is 5.79. The second-order valence-corrected chi connectivity index (χ2v) is 6.52. The molecule has 0 aromatic rings. The van der Waals surface area contributed by atoms with E-state index in [0.717, 1.165) is 18.8 Å². The predicted octanol–water partition coefficient (Wildman–Crippen LogP) is 2.26. The van der Waals surface area contributed by atoms with E-state index in [0.29, 0.717) is 11.9 Å². The number of amides is 1. The molecule has 3 aliphatic rings. The summed E-state index contributed by atoms with van der Waals surface area (Å²) in [4.78, 5) is 16.8. The van der Waals surface area contributed by atoms with Crippen molar-refractivity contribution in [2.24, 2.45) is 5.92 Å². The standard InChI is InChI=1S/C15H26N2O/c1-3-13-15(9-7-14(18)16(15)2)8-4-10-17(13)11-12-5-6-12/h12-13H,3-11H2,1-2H3/t13-,15-/m0/s1. The second-order valence-electron chi connectivity index (χ2n) is 6.52. The first-order valence-corrected chi connectivity index (χ1v) is 7.68. The summed E-state index contributed by atoms with van der Waals surface area (Å²) in [5.41, 5.74) is 0.166. The van der Waals surface area contributed by atoms with E-state index in [1.807, 2.05) is 7.05 Å². The Morgan fingerprint density at radius 3 is 2.67 bits per heavy atom. The molecule has 3 rings (SSSR count). The number of likely N-dealkylation sites (tertiary alicyclic amines) is 2. The Bertz CT molecular complexity index is 339. The fourth-order valence-corrected chi connectivity index (χ4v) is 4.33. The summed E-state index contributed by atoms with van der Waals surface area (Å²) in [7, 11) is 2.04. The Morgan fingerprint density at radius 1 is 1.33 bits per heavy atom. The summed E-state index contributed by atoms with van der Waals surface area (Å²) in [6.45, 7) is 4.83. The number of piperidine rings is 1. The largest absolute Gasteiger partial charge is 0.338 e. The number of carbonyl (C=O) groups is 1. The van der Waals surface area contributed by atoms with Gasteiger partial charge in [-0.1, -0.05) is 6.92 Å². The van der Waals surface area contributed by atoms with Crippen LogP contribution in [-0.4, -0.2) is 47.4 Å². The Labute approximate surface area is 111 Å². The predicted molar refractivity (Wildman–Crippen MR) is 72.3 cm³/mol. The van der Waals surface area contributed by atoms with E-state index in [2.05, 4.69) is 16.7 Å². The number of carbonyl (C=O) groups excluding carboxylic acids is 1. The highest BCUT2D eigenvalue weighted by atomic mass is 16.2. The third-order valence-electron chi connectivity index (χ3n) is 5.51. The number of nitrogens with zero attached hydrogens (tertiary/aromatic N) is 2. The van der Waals surface area contributed by atoms with Crippen LogP contribution in [0.2, 0.25) is 0 Å². The quantitative estimate of drug-likeness (QED) is 0.767. The fraction of sp³-hybridized carbons (Fsp3) is 0.933. The van der Waals surface area contributed by atoms with Crippen LogP contribution in [0, 0.1) is 5.92 Å². The maximum absolute atomic E-state index is 12.0. The molecule has 2 heterocycles. The number of hydrogen-bond acceptors (Lipinski definition) is 2. The van der Waals surface area contributed by atoms with Crippen LogP contribution >= 0.6 is 0 Å². The Balaban J connectivity index is 1.81. The number of likely N-dealkylation sites (N-methyl/N-ethyl adjacent to an activating group) is 1. The molecule has 0 aromatic heterocycles.